The van der Waals surface area contributed by atoms with Crippen molar-refractivity contribution in [2.45, 2.75) is 19.0 Å². The van der Waals surface area contributed by atoms with Crippen LogP contribution >= 0.6 is 15.9 Å². The van der Waals surface area contributed by atoms with E-state index < -0.39 is 17.7 Å². The molecule has 0 spiro atoms. The van der Waals surface area contributed by atoms with E-state index in [1.54, 1.807) is 0 Å². The summed E-state index contributed by atoms with van der Waals surface area (Å²) in [4.78, 5) is 10.4. The van der Waals surface area contributed by atoms with E-state index in [1.165, 1.54) is 6.07 Å². The Bertz CT molecular complexity index is 458. The fourth-order valence-corrected chi connectivity index (χ4v) is 2.13. The molecule has 100 valence electrons. The van der Waals surface area contributed by atoms with Crippen LogP contribution in [-0.4, -0.2) is 18.2 Å². The van der Waals surface area contributed by atoms with Crippen LogP contribution in [0.25, 0.3) is 0 Å². The average Bonchev–Trinajstić information content (AvgIpc) is 2.24. The van der Waals surface area contributed by atoms with Gasteiger partial charge in [0.1, 0.15) is 5.75 Å². The maximum Gasteiger partial charge on any atom is 0.420 e. The molecule has 0 saturated heterocycles. The van der Waals surface area contributed by atoms with Gasteiger partial charge < -0.3 is 9.84 Å². The molecule has 0 unspecified atom stereocenters. The lowest BCUT2D eigenvalue weighted by Gasteiger charge is -2.15. The monoisotopic (exact) mass is 326 g/mol. The van der Waals surface area contributed by atoms with E-state index in [2.05, 4.69) is 15.9 Å². The molecule has 1 N–H and O–H groups in total. The number of aliphatic carboxylic acids is 1. The van der Waals surface area contributed by atoms with E-state index in [0.29, 0.717) is 0 Å². The Morgan fingerprint density at radius 2 is 2.06 bits per heavy atom. The maximum absolute atomic E-state index is 12.8. The topological polar surface area (TPSA) is 46.5 Å². The van der Waals surface area contributed by atoms with Crippen LogP contribution in [-0.2, 0) is 17.4 Å². The summed E-state index contributed by atoms with van der Waals surface area (Å²) in [5, 5.41) is 8.52. The van der Waals surface area contributed by atoms with Gasteiger partial charge in [-0.2, -0.15) is 13.2 Å². The molecular weight excluding hydrogens is 317 g/mol. The molecule has 0 heterocycles. The molecule has 1 aromatic rings. The molecule has 0 bridgehead atoms. The second kappa shape index (κ2) is 5.60. The maximum atomic E-state index is 12.8. The number of methoxy groups -OCH3 is 1. The van der Waals surface area contributed by atoms with Gasteiger partial charge in [0.25, 0.3) is 0 Å². The number of carboxylic acid groups (broad SMARTS) is 1. The molecule has 0 fully saturated rings. The van der Waals surface area contributed by atoms with Crippen LogP contribution in [0.1, 0.15) is 17.5 Å². The molecule has 0 aliphatic heterocycles. The third-order valence-electron chi connectivity index (χ3n) is 2.24. The predicted octanol–water partition coefficient (Wildman–Crippen LogP) is 3.49. The summed E-state index contributed by atoms with van der Waals surface area (Å²) < 4.78 is 43.2. The normalized spacial score (nSPS) is 11.4. The van der Waals surface area contributed by atoms with Gasteiger partial charge >= 0.3 is 12.1 Å². The number of rotatable bonds is 4. The van der Waals surface area contributed by atoms with E-state index in [0.717, 1.165) is 13.2 Å². The zero-order chi connectivity index (χ0) is 13.9. The number of hydrogen-bond donors (Lipinski definition) is 1. The van der Waals surface area contributed by atoms with Crippen molar-refractivity contribution in [1.82, 2.24) is 0 Å². The van der Waals surface area contributed by atoms with Gasteiger partial charge in [-0.15, -0.1) is 0 Å². The van der Waals surface area contributed by atoms with Crippen LogP contribution in [0.3, 0.4) is 0 Å². The molecule has 0 aromatic heterocycles. The Morgan fingerprint density at radius 1 is 1.44 bits per heavy atom. The highest BCUT2D eigenvalue weighted by molar-refractivity contribution is 9.10. The van der Waals surface area contributed by atoms with Gasteiger partial charge in [0.05, 0.1) is 17.1 Å². The zero-order valence-corrected chi connectivity index (χ0v) is 10.9. The first-order valence-electron chi connectivity index (χ1n) is 4.91. The average molecular weight is 327 g/mol. The van der Waals surface area contributed by atoms with E-state index in [-0.39, 0.29) is 28.6 Å². The Morgan fingerprint density at radius 3 is 2.50 bits per heavy atom. The minimum Gasteiger partial charge on any atom is -0.495 e. The number of alkyl halides is 3. The molecule has 0 aliphatic carbocycles. The molecule has 3 nitrogen and oxygen atoms in total. The van der Waals surface area contributed by atoms with Crippen LogP contribution in [0.4, 0.5) is 13.2 Å². The highest BCUT2D eigenvalue weighted by atomic mass is 79.9. The Balaban J connectivity index is 3.18. The number of hydrogen-bond acceptors (Lipinski definition) is 2. The number of benzene rings is 1. The second-order valence-corrected chi connectivity index (χ2v) is 4.40. The van der Waals surface area contributed by atoms with Crippen LogP contribution in [0.15, 0.2) is 16.6 Å². The number of carbonyl (C=O) groups is 1. The van der Waals surface area contributed by atoms with Crippen molar-refractivity contribution in [2.24, 2.45) is 0 Å². The van der Waals surface area contributed by atoms with Crippen molar-refractivity contribution in [3.8, 4) is 5.75 Å². The summed E-state index contributed by atoms with van der Waals surface area (Å²) in [6.07, 6.45) is -4.75. The second-order valence-electron chi connectivity index (χ2n) is 3.55. The summed E-state index contributed by atoms with van der Waals surface area (Å²) in [5.41, 5.74) is -0.628. The quantitative estimate of drug-likeness (QED) is 0.921. The van der Waals surface area contributed by atoms with Crippen LogP contribution < -0.4 is 4.74 Å². The van der Waals surface area contributed by atoms with Gasteiger partial charge in [-0.05, 0) is 40.0 Å². The number of carboxylic acids is 1. The lowest BCUT2D eigenvalue weighted by molar-refractivity contribution is -0.139. The summed E-state index contributed by atoms with van der Waals surface area (Å²) in [5.74, 6) is -1.36. The fraction of sp³-hybridized carbons (Fsp3) is 0.364. The minimum atomic E-state index is -4.55. The molecule has 1 aromatic carbocycles. The number of ether oxygens (including phenoxy) is 1. The molecule has 0 radical (unpaired) electrons. The third kappa shape index (κ3) is 3.63. The summed E-state index contributed by atoms with van der Waals surface area (Å²) >= 11 is 2.99. The molecule has 18 heavy (non-hydrogen) atoms. The molecule has 1 rings (SSSR count). The molecule has 0 saturated carbocycles. The summed E-state index contributed by atoms with van der Waals surface area (Å²) in [7, 11) is 1.15. The lowest BCUT2D eigenvalue weighted by Crippen LogP contribution is -2.09. The van der Waals surface area contributed by atoms with E-state index in [1.807, 2.05) is 0 Å². The van der Waals surface area contributed by atoms with Crippen molar-refractivity contribution in [3.63, 3.8) is 0 Å². The fourth-order valence-electron chi connectivity index (χ4n) is 1.46. The summed E-state index contributed by atoms with van der Waals surface area (Å²) in [6.45, 7) is 0. The van der Waals surface area contributed by atoms with Crippen molar-refractivity contribution in [3.05, 3.63) is 27.7 Å². The highest BCUT2D eigenvalue weighted by Crippen LogP contribution is 2.41. The molecule has 7 heteroatoms. The van der Waals surface area contributed by atoms with Gasteiger partial charge in [0, 0.05) is 6.42 Å². The first-order chi connectivity index (χ1) is 8.25. The zero-order valence-electron chi connectivity index (χ0n) is 9.34. The lowest BCUT2D eigenvalue weighted by atomic mass is 10.1. The Labute approximate surface area is 110 Å². The van der Waals surface area contributed by atoms with Gasteiger partial charge in [-0.1, -0.05) is 0 Å². The number of aryl methyl sites for hydroxylation is 1. The van der Waals surface area contributed by atoms with Crippen molar-refractivity contribution in [2.75, 3.05) is 7.11 Å². The summed E-state index contributed by atoms with van der Waals surface area (Å²) in [6, 6.07) is 2.34. The van der Waals surface area contributed by atoms with Crippen LogP contribution in [0, 0.1) is 0 Å². The van der Waals surface area contributed by atoms with Crippen LogP contribution in [0.5, 0.6) is 5.75 Å². The molecule has 0 aliphatic rings. The molecule has 0 atom stereocenters. The first kappa shape index (κ1) is 14.8. The van der Waals surface area contributed by atoms with E-state index in [4.69, 9.17) is 9.84 Å². The first-order valence-corrected chi connectivity index (χ1v) is 5.70. The van der Waals surface area contributed by atoms with E-state index in [9.17, 15) is 18.0 Å². The highest BCUT2D eigenvalue weighted by Gasteiger charge is 2.35. The van der Waals surface area contributed by atoms with Gasteiger partial charge in [0.15, 0.2) is 0 Å². The smallest absolute Gasteiger partial charge is 0.420 e. The van der Waals surface area contributed by atoms with Crippen molar-refractivity contribution in [1.29, 1.82) is 0 Å². The standard InChI is InChI=1S/C11H10BrF3O3/c1-18-10-7(11(13,14)15)4-6(5-8(10)12)2-3-9(16)17/h4-5H,2-3H2,1H3,(H,16,17). The van der Waals surface area contributed by atoms with Crippen molar-refractivity contribution < 1.29 is 27.8 Å². The predicted molar refractivity (Wildman–Crippen MR) is 61.7 cm³/mol. The molecular formula is C11H10BrF3O3. The largest absolute Gasteiger partial charge is 0.495 e. The SMILES string of the molecule is COc1c(Br)cc(CCC(=O)O)cc1C(F)(F)F. The van der Waals surface area contributed by atoms with Crippen LogP contribution in [0.2, 0.25) is 0 Å². The van der Waals surface area contributed by atoms with Crippen molar-refractivity contribution >= 4 is 21.9 Å². The van der Waals surface area contributed by atoms with Gasteiger partial charge in [0.2, 0.25) is 0 Å². The Hall–Kier alpha value is -1.24. The minimum absolute atomic E-state index is 0.0288. The Kier molecular flexibility index (Phi) is 4.61. The third-order valence-corrected chi connectivity index (χ3v) is 2.83. The number of halogens is 4. The molecule has 0 amide bonds. The van der Waals surface area contributed by atoms with Gasteiger partial charge in [-0.3, -0.25) is 4.79 Å². The van der Waals surface area contributed by atoms with Gasteiger partial charge in [-0.25, -0.2) is 0 Å². The van der Waals surface area contributed by atoms with E-state index >= 15 is 0 Å².